The molecule has 0 bridgehead atoms. The van der Waals surface area contributed by atoms with Crippen molar-refractivity contribution in [2.45, 2.75) is 27.3 Å². The topological polar surface area (TPSA) is 27.0 Å². The first kappa shape index (κ1) is 11.7. The second-order valence-corrected chi connectivity index (χ2v) is 3.71. The Morgan fingerprint density at radius 1 is 1.27 bits per heavy atom. The van der Waals surface area contributed by atoms with Gasteiger partial charge in [0.2, 0.25) is 0 Å². The van der Waals surface area contributed by atoms with Crippen molar-refractivity contribution in [1.82, 2.24) is 4.90 Å². The fraction of sp³-hybridized carbons (Fsp3) is 0.462. The van der Waals surface area contributed by atoms with Gasteiger partial charge in [-0.05, 0) is 43.3 Å². The van der Waals surface area contributed by atoms with Gasteiger partial charge in [-0.1, -0.05) is 19.9 Å². The minimum Gasteiger partial charge on any atom is -0.300 e. The second-order valence-electron chi connectivity index (χ2n) is 3.71. The number of aryl methyl sites for hydroxylation is 1. The van der Waals surface area contributed by atoms with Crippen molar-refractivity contribution in [2.75, 3.05) is 13.1 Å². The lowest BCUT2D eigenvalue weighted by Gasteiger charge is -2.19. The number of benzene rings is 1. The highest BCUT2D eigenvalue weighted by Gasteiger charge is 2.04. The van der Waals surface area contributed by atoms with E-state index in [1.165, 1.54) is 11.1 Å². The van der Waals surface area contributed by atoms with Crippen LogP contribution in [0, 0.1) is 18.3 Å². The van der Waals surface area contributed by atoms with E-state index in [1.807, 2.05) is 12.1 Å². The Morgan fingerprint density at radius 2 is 1.93 bits per heavy atom. The van der Waals surface area contributed by atoms with E-state index in [9.17, 15) is 0 Å². The minimum absolute atomic E-state index is 0.746. The first-order valence-electron chi connectivity index (χ1n) is 5.43. The summed E-state index contributed by atoms with van der Waals surface area (Å²) in [4.78, 5) is 2.37. The quantitative estimate of drug-likeness (QED) is 0.750. The van der Waals surface area contributed by atoms with Crippen LogP contribution in [0.4, 0.5) is 0 Å². The summed E-state index contributed by atoms with van der Waals surface area (Å²) in [6.07, 6.45) is 0. The summed E-state index contributed by atoms with van der Waals surface area (Å²) in [6, 6.07) is 8.08. The van der Waals surface area contributed by atoms with Crippen molar-refractivity contribution >= 4 is 0 Å². The smallest absolute Gasteiger partial charge is 0.0991 e. The summed E-state index contributed by atoms with van der Waals surface area (Å²) < 4.78 is 0. The lowest BCUT2D eigenvalue weighted by Crippen LogP contribution is -2.22. The van der Waals surface area contributed by atoms with Crippen molar-refractivity contribution < 1.29 is 0 Å². The Bertz CT molecular complexity index is 359. The molecule has 80 valence electrons. The fourth-order valence-corrected chi connectivity index (χ4v) is 1.63. The van der Waals surface area contributed by atoms with Gasteiger partial charge in [-0.25, -0.2) is 0 Å². The van der Waals surface area contributed by atoms with Crippen molar-refractivity contribution in [3.63, 3.8) is 0 Å². The van der Waals surface area contributed by atoms with Gasteiger partial charge < -0.3 is 0 Å². The molecule has 0 heterocycles. The van der Waals surface area contributed by atoms with Crippen LogP contribution in [-0.2, 0) is 6.54 Å². The van der Waals surface area contributed by atoms with Gasteiger partial charge in [0.25, 0.3) is 0 Å². The standard InChI is InChI=1S/C13H18N2/c1-4-15(5-2)10-13-7-6-12(9-14)8-11(13)3/h6-8H,4-5,10H2,1-3H3. The summed E-state index contributed by atoms with van der Waals surface area (Å²) in [7, 11) is 0. The Hall–Kier alpha value is -1.33. The van der Waals surface area contributed by atoms with E-state index in [-0.39, 0.29) is 0 Å². The first-order chi connectivity index (χ1) is 7.21. The third kappa shape index (κ3) is 3.07. The highest BCUT2D eigenvalue weighted by Crippen LogP contribution is 2.12. The molecule has 0 aliphatic carbocycles. The highest BCUT2D eigenvalue weighted by molar-refractivity contribution is 5.37. The molecule has 1 aromatic rings. The van der Waals surface area contributed by atoms with Gasteiger partial charge in [0, 0.05) is 6.54 Å². The first-order valence-corrected chi connectivity index (χ1v) is 5.43. The van der Waals surface area contributed by atoms with E-state index >= 15 is 0 Å². The van der Waals surface area contributed by atoms with E-state index < -0.39 is 0 Å². The molecular weight excluding hydrogens is 184 g/mol. The van der Waals surface area contributed by atoms with Crippen LogP contribution in [0.15, 0.2) is 18.2 Å². The number of hydrogen-bond acceptors (Lipinski definition) is 2. The second kappa shape index (κ2) is 5.53. The molecule has 0 atom stereocenters. The average Bonchev–Trinajstić information content (AvgIpc) is 2.27. The predicted octanol–water partition coefficient (Wildman–Crippen LogP) is 2.71. The van der Waals surface area contributed by atoms with E-state index in [0.717, 1.165) is 25.2 Å². The van der Waals surface area contributed by atoms with Crippen LogP contribution in [0.3, 0.4) is 0 Å². The molecule has 0 N–H and O–H groups in total. The zero-order chi connectivity index (χ0) is 11.3. The lowest BCUT2D eigenvalue weighted by molar-refractivity contribution is 0.295. The summed E-state index contributed by atoms with van der Waals surface area (Å²) in [5, 5.41) is 8.77. The Morgan fingerprint density at radius 3 is 2.40 bits per heavy atom. The van der Waals surface area contributed by atoms with E-state index in [2.05, 4.69) is 37.8 Å². The zero-order valence-electron chi connectivity index (χ0n) is 9.75. The molecule has 0 saturated carbocycles. The van der Waals surface area contributed by atoms with Gasteiger partial charge in [-0.2, -0.15) is 5.26 Å². The molecule has 0 fully saturated rings. The molecule has 2 heteroatoms. The van der Waals surface area contributed by atoms with Gasteiger partial charge in [0.15, 0.2) is 0 Å². The largest absolute Gasteiger partial charge is 0.300 e. The fourth-order valence-electron chi connectivity index (χ4n) is 1.63. The van der Waals surface area contributed by atoms with Crippen molar-refractivity contribution in [2.24, 2.45) is 0 Å². The molecule has 0 radical (unpaired) electrons. The molecule has 0 aromatic heterocycles. The lowest BCUT2D eigenvalue weighted by atomic mass is 10.1. The monoisotopic (exact) mass is 202 g/mol. The minimum atomic E-state index is 0.746. The molecule has 15 heavy (non-hydrogen) atoms. The Labute approximate surface area is 92.1 Å². The maximum absolute atomic E-state index is 8.77. The third-order valence-electron chi connectivity index (χ3n) is 2.76. The van der Waals surface area contributed by atoms with Gasteiger partial charge in [0.05, 0.1) is 11.6 Å². The van der Waals surface area contributed by atoms with Crippen LogP contribution < -0.4 is 0 Å². The maximum atomic E-state index is 8.77. The van der Waals surface area contributed by atoms with Crippen molar-refractivity contribution in [3.8, 4) is 6.07 Å². The van der Waals surface area contributed by atoms with Gasteiger partial charge in [-0.3, -0.25) is 4.90 Å². The Kier molecular flexibility index (Phi) is 4.33. The zero-order valence-corrected chi connectivity index (χ0v) is 9.75. The molecular formula is C13H18N2. The molecule has 1 aromatic carbocycles. The summed E-state index contributed by atoms with van der Waals surface area (Å²) in [6.45, 7) is 9.51. The number of rotatable bonds is 4. The molecule has 0 saturated heterocycles. The van der Waals surface area contributed by atoms with E-state index in [0.29, 0.717) is 0 Å². The van der Waals surface area contributed by atoms with Crippen molar-refractivity contribution in [1.29, 1.82) is 5.26 Å². The van der Waals surface area contributed by atoms with Crippen LogP contribution in [0.2, 0.25) is 0 Å². The van der Waals surface area contributed by atoms with Gasteiger partial charge >= 0.3 is 0 Å². The molecule has 2 nitrogen and oxygen atoms in total. The number of nitriles is 1. The van der Waals surface area contributed by atoms with Crippen LogP contribution in [0.25, 0.3) is 0 Å². The number of nitrogens with zero attached hydrogens (tertiary/aromatic N) is 2. The molecule has 0 amide bonds. The van der Waals surface area contributed by atoms with Gasteiger partial charge in [-0.15, -0.1) is 0 Å². The molecule has 0 aliphatic heterocycles. The summed E-state index contributed by atoms with van der Waals surface area (Å²) in [5.41, 5.74) is 3.27. The maximum Gasteiger partial charge on any atom is 0.0991 e. The molecule has 0 aliphatic rings. The average molecular weight is 202 g/mol. The molecule has 0 unspecified atom stereocenters. The molecule has 1 rings (SSSR count). The van der Waals surface area contributed by atoms with Crippen LogP contribution in [0.5, 0.6) is 0 Å². The normalized spacial score (nSPS) is 10.3. The molecule has 0 spiro atoms. The number of hydrogen-bond donors (Lipinski definition) is 0. The van der Waals surface area contributed by atoms with E-state index in [1.54, 1.807) is 0 Å². The van der Waals surface area contributed by atoms with Crippen LogP contribution in [-0.4, -0.2) is 18.0 Å². The van der Waals surface area contributed by atoms with Crippen LogP contribution >= 0.6 is 0 Å². The predicted molar refractivity (Wildman–Crippen MR) is 62.5 cm³/mol. The SMILES string of the molecule is CCN(CC)Cc1ccc(C#N)cc1C. The Balaban J connectivity index is 2.83. The van der Waals surface area contributed by atoms with Crippen molar-refractivity contribution in [3.05, 3.63) is 34.9 Å². The van der Waals surface area contributed by atoms with Crippen LogP contribution in [0.1, 0.15) is 30.5 Å². The highest BCUT2D eigenvalue weighted by atomic mass is 15.1. The van der Waals surface area contributed by atoms with E-state index in [4.69, 9.17) is 5.26 Å². The summed E-state index contributed by atoms with van der Waals surface area (Å²) in [5.74, 6) is 0. The summed E-state index contributed by atoms with van der Waals surface area (Å²) >= 11 is 0. The third-order valence-corrected chi connectivity index (χ3v) is 2.76. The van der Waals surface area contributed by atoms with Gasteiger partial charge in [0.1, 0.15) is 0 Å².